The number of pyridine rings is 1. The molecule has 0 unspecified atom stereocenters. The van der Waals surface area contributed by atoms with E-state index in [2.05, 4.69) is 15.4 Å². The topological polar surface area (TPSA) is 69.0 Å². The summed E-state index contributed by atoms with van der Waals surface area (Å²) in [4.78, 5) is 16.4. The predicted molar refractivity (Wildman–Crippen MR) is 107 cm³/mol. The molecular formula is C20H20ClF3N4O2. The first-order valence-corrected chi connectivity index (χ1v) is 9.54. The molecule has 0 saturated carbocycles. The molecule has 30 heavy (non-hydrogen) atoms. The molecule has 0 aliphatic rings. The lowest BCUT2D eigenvalue weighted by atomic mass is 10.1. The first-order valence-electron chi connectivity index (χ1n) is 9.16. The Morgan fingerprint density at radius 2 is 1.97 bits per heavy atom. The number of hydrogen-bond donors (Lipinski definition) is 1. The quantitative estimate of drug-likeness (QED) is 0.627. The molecule has 2 heterocycles. The number of rotatable bonds is 6. The summed E-state index contributed by atoms with van der Waals surface area (Å²) in [7, 11) is 1.50. The van der Waals surface area contributed by atoms with Gasteiger partial charge in [0.15, 0.2) is 11.8 Å². The third-order valence-electron chi connectivity index (χ3n) is 4.54. The number of fused-ring (bicyclic) bond motifs is 1. The van der Waals surface area contributed by atoms with Gasteiger partial charge in [0.2, 0.25) is 5.88 Å². The van der Waals surface area contributed by atoms with Crippen LogP contribution in [0.2, 0.25) is 5.02 Å². The van der Waals surface area contributed by atoms with E-state index in [1.54, 1.807) is 12.1 Å². The fourth-order valence-electron chi connectivity index (χ4n) is 3.07. The molecule has 1 amide bonds. The Hall–Kier alpha value is -2.81. The van der Waals surface area contributed by atoms with Gasteiger partial charge in [0, 0.05) is 24.7 Å². The van der Waals surface area contributed by atoms with Crippen LogP contribution < -0.4 is 10.1 Å². The van der Waals surface area contributed by atoms with E-state index >= 15 is 0 Å². The van der Waals surface area contributed by atoms with Gasteiger partial charge in [-0.3, -0.25) is 9.48 Å². The highest BCUT2D eigenvalue weighted by Crippen LogP contribution is 2.37. The lowest BCUT2D eigenvalue weighted by Gasteiger charge is -2.16. The van der Waals surface area contributed by atoms with E-state index in [1.807, 2.05) is 12.1 Å². The van der Waals surface area contributed by atoms with Crippen molar-refractivity contribution in [2.24, 2.45) is 7.05 Å². The molecule has 0 spiro atoms. The highest BCUT2D eigenvalue weighted by atomic mass is 35.5. The number of amides is 1. The maximum Gasteiger partial charge on any atom is 0.417 e. The second kappa shape index (κ2) is 8.51. The summed E-state index contributed by atoms with van der Waals surface area (Å²) in [5.74, 6) is -0.751. The van der Waals surface area contributed by atoms with Gasteiger partial charge in [0.1, 0.15) is 0 Å². The van der Waals surface area contributed by atoms with Gasteiger partial charge in [-0.1, -0.05) is 23.7 Å². The SMILES string of the molecule is Cc1nn(C)c2nc(O[C@H](C)C(=O)NCCc3ccc(Cl)cc3)cc(C(F)(F)F)c12. The Labute approximate surface area is 176 Å². The Bertz CT molecular complexity index is 1060. The van der Waals surface area contributed by atoms with E-state index in [0.717, 1.165) is 11.6 Å². The molecule has 0 aliphatic heterocycles. The van der Waals surface area contributed by atoms with Gasteiger partial charge < -0.3 is 10.1 Å². The average Bonchev–Trinajstić information content (AvgIpc) is 2.95. The highest BCUT2D eigenvalue weighted by molar-refractivity contribution is 6.30. The molecule has 1 atom stereocenters. The molecule has 10 heteroatoms. The number of aryl methyl sites for hydroxylation is 2. The van der Waals surface area contributed by atoms with Crippen molar-refractivity contribution in [2.75, 3.05) is 6.54 Å². The number of hydrogen-bond acceptors (Lipinski definition) is 4. The predicted octanol–water partition coefficient (Wildman–Crippen LogP) is 4.08. The van der Waals surface area contributed by atoms with Gasteiger partial charge in [-0.15, -0.1) is 0 Å². The molecule has 0 saturated heterocycles. The summed E-state index contributed by atoms with van der Waals surface area (Å²) in [5.41, 5.74) is 0.338. The number of nitrogens with zero attached hydrogens (tertiary/aromatic N) is 3. The number of nitrogens with one attached hydrogen (secondary N) is 1. The molecule has 0 aliphatic carbocycles. The summed E-state index contributed by atoms with van der Waals surface area (Å²) >= 11 is 5.83. The fourth-order valence-corrected chi connectivity index (χ4v) is 3.19. The molecule has 3 aromatic rings. The summed E-state index contributed by atoms with van der Waals surface area (Å²) in [6.45, 7) is 3.27. The van der Waals surface area contributed by atoms with Crippen LogP contribution in [0.4, 0.5) is 13.2 Å². The van der Waals surface area contributed by atoms with Gasteiger partial charge >= 0.3 is 6.18 Å². The zero-order valence-electron chi connectivity index (χ0n) is 16.5. The third kappa shape index (κ3) is 4.84. The van der Waals surface area contributed by atoms with Crippen molar-refractivity contribution in [1.29, 1.82) is 0 Å². The molecular weight excluding hydrogens is 421 g/mol. The number of carbonyl (C=O) groups excluding carboxylic acids is 1. The molecule has 3 rings (SSSR count). The zero-order chi connectivity index (χ0) is 22.1. The van der Waals surface area contributed by atoms with Crippen LogP contribution in [0.15, 0.2) is 30.3 Å². The van der Waals surface area contributed by atoms with Crippen LogP contribution in [0, 0.1) is 6.92 Å². The summed E-state index contributed by atoms with van der Waals surface area (Å²) in [6.07, 6.45) is -5.07. The first kappa shape index (κ1) is 21.9. The standard InChI is InChI=1S/C20H20ClF3N4O2/c1-11-17-15(20(22,23)24)10-16(26-18(17)28(3)27-11)30-12(2)19(29)25-9-8-13-4-6-14(21)7-5-13/h4-7,10,12H,8-9H2,1-3H3,(H,25,29)/t12-/m1/s1. The Morgan fingerprint density at radius 3 is 2.60 bits per heavy atom. The molecule has 1 N–H and O–H groups in total. The fraction of sp³-hybridized carbons (Fsp3) is 0.350. The minimum Gasteiger partial charge on any atom is -0.464 e. The van der Waals surface area contributed by atoms with Crippen molar-refractivity contribution < 1.29 is 22.7 Å². The van der Waals surface area contributed by atoms with Crippen LogP contribution in [0.1, 0.15) is 23.7 Å². The number of ether oxygens (including phenoxy) is 1. The summed E-state index contributed by atoms with van der Waals surface area (Å²) in [5, 5.41) is 7.24. The van der Waals surface area contributed by atoms with Gasteiger partial charge in [-0.2, -0.15) is 23.3 Å². The monoisotopic (exact) mass is 440 g/mol. The summed E-state index contributed by atoms with van der Waals surface area (Å²) in [6, 6.07) is 8.01. The smallest absolute Gasteiger partial charge is 0.417 e. The van der Waals surface area contributed by atoms with Crippen LogP contribution >= 0.6 is 11.6 Å². The Balaban J connectivity index is 1.71. The number of carbonyl (C=O) groups is 1. The Kier molecular flexibility index (Phi) is 6.21. The van der Waals surface area contributed by atoms with E-state index in [1.165, 1.54) is 25.6 Å². The van der Waals surface area contributed by atoms with Crippen molar-refractivity contribution in [3.05, 3.63) is 52.2 Å². The Morgan fingerprint density at radius 1 is 1.30 bits per heavy atom. The maximum atomic E-state index is 13.5. The number of aromatic nitrogens is 3. The molecule has 0 bridgehead atoms. The number of halogens is 4. The largest absolute Gasteiger partial charge is 0.464 e. The van der Waals surface area contributed by atoms with E-state index in [4.69, 9.17) is 16.3 Å². The van der Waals surface area contributed by atoms with Gasteiger partial charge in [0.25, 0.3) is 5.91 Å². The minimum atomic E-state index is -4.61. The van der Waals surface area contributed by atoms with E-state index in [9.17, 15) is 18.0 Å². The number of alkyl halides is 3. The van der Waals surface area contributed by atoms with E-state index in [0.29, 0.717) is 18.0 Å². The molecule has 6 nitrogen and oxygen atoms in total. The number of benzene rings is 1. The van der Waals surface area contributed by atoms with Crippen molar-refractivity contribution in [2.45, 2.75) is 32.5 Å². The molecule has 0 fully saturated rings. The van der Waals surface area contributed by atoms with Crippen molar-refractivity contribution in [3.63, 3.8) is 0 Å². The van der Waals surface area contributed by atoms with Gasteiger partial charge in [0.05, 0.1) is 16.6 Å². The normalized spacial score (nSPS) is 12.8. The second-order valence-corrected chi connectivity index (χ2v) is 7.28. The maximum absolute atomic E-state index is 13.5. The van der Waals surface area contributed by atoms with Crippen LogP contribution in [0.5, 0.6) is 5.88 Å². The van der Waals surface area contributed by atoms with E-state index in [-0.39, 0.29) is 22.6 Å². The van der Waals surface area contributed by atoms with E-state index < -0.39 is 23.8 Å². The summed E-state index contributed by atoms with van der Waals surface area (Å²) < 4.78 is 47.3. The third-order valence-corrected chi connectivity index (χ3v) is 4.80. The van der Waals surface area contributed by atoms with Crippen molar-refractivity contribution >= 4 is 28.5 Å². The van der Waals surface area contributed by atoms with Crippen LogP contribution in [-0.4, -0.2) is 33.3 Å². The molecule has 160 valence electrons. The minimum absolute atomic E-state index is 0.0349. The van der Waals surface area contributed by atoms with Crippen molar-refractivity contribution in [1.82, 2.24) is 20.1 Å². The van der Waals surface area contributed by atoms with Crippen LogP contribution in [-0.2, 0) is 24.4 Å². The second-order valence-electron chi connectivity index (χ2n) is 6.84. The van der Waals surface area contributed by atoms with Crippen molar-refractivity contribution in [3.8, 4) is 5.88 Å². The lowest BCUT2D eigenvalue weighted by molar-refractivity contribution is -0.136. The van der Waals surface area contributed by atoms with Crippen LogP contribution in [0.25, 0.3) is 11.0 Å². The van der Waals surface area contributed by atoms with Gasteiger partial charge in [-0.05, 0) is 38.0 Å². The molecule has 1 aromatic carbocycles. The average molecular weight is 441 g/mol. The first-order chi connectivity index (χ1) is 14.1. The highest BCUT2D eigenvalue weighted by Gasteiger charge is 2.36. The molecule has 0 radical (unpaired) electrons. The lowest BCUT2D eigenvalue weighted by Crippen LogP contribution is -2.37. The van der Waals surface area contributed by atoms with Gasteiger partial charge in [-0.25, -0.2) is 0 Å². The molecule has 2 aromatic heterocycles. The van der Waals surface area contributed by atoms with Crippen LogP contribution in [0.3, 0.4) is 0 Å². The zero-order valence-corrected chi connectivity index (χ0v) is 17.3.